The normalized spacial score (nSPS) is 16.0. The molecule has 1 aliphatic rings. The zero-order valence-electron chi connectivity index (χ0n) is 15.9. The number of aromatic nitrogens is 1. The highest BCUT2D eigenvalue weighted by Gasteiger charge is 2.34. The largest absolute Gasteiger partial charge is 0.351 e. The summed E-state index contributed by atoms with van der Waals surface area (Å²) in [5, 5.41) is 6.40. The molecule has 0 saturated carbocycles. The van der Waals surface area contributed by atoms with Crippen molar-refractivity contribution in [2.45, 2.75) is 25.4 Å². The van der Waals surface area contributed by atoms with Gasteiger partial charge in [-0.15, -0.1) is 11.3 Å². The van der Waals surface area contributed by atoms with Gasteiger partial charge < -0.3 is 21.3 Å². The lowest BCUT2D eigenvalue weighted by molar-refractivity contribution is -0.124. The van der Waals surface area contributed by atoms with E-state index in [9.17, 15) is 14.4 Å². The number of benzene rings is 1. The van der Waals surface area contributed by atoms with Crippen LogP contribution < -0.4 is 16.4 Å². The van der Waals surface area contributed by atoms with E-state index >= 15 is 0 Å². The van der Waals surface area contributed by atoms with E-state index in [0.29, 0.717) is 40.4 Å². The Balaban J connectivity index is 1.47. The van der Waals surface area contributed by atoms with Crippen LogP contribution in [0, 0.1) is 0 Å². The quantitative estimate of drug-likeness (QED) is 0.570. The number of primary amides is 1. The van der Waals surface area contributed by atoms with Crippen molar-refractivity contribution in [1.29, 1.82) is 0 Å². The van der Waals surface area contributed by atoms with E-state index in [4.69, 9.17) is 17.3 Å². The molecule has 4 N–H and O–H groups in total. The van der Waals surface area contributed by atoms with Crippen molar-refractivity contribution < 1.29 is 14.4 Å². The molecule has 1 saturated heterocycles. The van der Waals surface area contributed by atoms with Crippen LogP contribution in [0.5, 0.6) is 0 Å². The van der Waals surface area contributed by atoms with Gasteiger partial charge in [-0.3, -0.25) is 9.36 Å². The Kier molecular flexibility index (Phi) is 5.65. The smallest absolute Gasteiger partial charge is 0.323 e. The van der Waals surface area contributed by atoms with Crippen LogP contribution in [0.3, 0.4) is 0 Å². The van der Waals surface area contributed by atoms with Gasteiger partial charge in [-0.2, -0.15) is 0 Å². The number of carbonyl (C=O) groups is 3. The molecule has 1 aliphatic heterocycles. The van der Waals surface area contributed by atoms with Gasteiger partial charge in [0.15, 0.2) is 0 Å². The summed E-state index contributed by atoms with van der Waals surface area (Å²) >= 11 is 7.33. The molecular weight excluding hydrogens is 426 g/mol. The van der Waals surface area contributed by atoms with Crippen molar-refractivity contribution in [2.24, 2.45) is 5.73 Å². The zero-order chi connectivity index (χ0) is 21.3. The van der Waals surface area contributed by atoms with E-state index in [0.717, 1.165) is 11.3 Å². The first kappa shape index (κ1) is 20.2. The van der Waals surface area contributed by atoms with Gasteiger partial charge >= 0.3 is 12.1 Å². The van der Waals surface area contributed by atoms with Crippen LogP contribution in [-0.4, -0.2) is 40.0 Å². The number of urea groups is 1. The minimum absolute atomic E-state index is 0.202. The van der Waals surface area contributed by atoms with E-state index in [2.05, 4.69) is 10.6 Å². The lowest BCUT2D eigenvalue weighted by atomic mass is 10.2. The van der Waals surface area contributed by atoms with Gasteiger partial charge in [-0.25, -0.2) is 9.59 Å². The topological polar surface area (TPSA) is 109 Å². The number of amides is 4. The average molecular weight is 446 g/mol. The van der Waals surface area contributed by atoms with Crippen molar-refractivity contribution in [1.82, 2.24) is 14.8 Å². The minimum Gasteiger partial charge on any atom is -0.351 e. The van der Waals surface area contributed by atoms with Crippen LogP contribution in [0.1, 0.15) is 17.7 Å². The lowest BCUT2D eigenvalue weighted by Crippen LogP contribution is -2.47. The monoisotopic (exact) mass is 445 g/mol. The highest BCUT2D eigenvalue weighted by atomic mass is 35.5. The number of hydrogen-bond donors (Lipinski definition) is 3. The van der Waals surface area contributed by atoms with Gasteiger partial charge in [-0.1, -0.05) is 29.8 Å². The fourth-order valence-electron chi connectivity index (χ4n) is 3.67. The molecule has 30 heavy (non-hydrogen) atoms. The summed E-state index contributed by atoms with van der Waals surface area (Å²) in [5.74, 6) is -0.202. The minimum atomic E-state index is -0.640. The number of hydrogen-bond acceptors (Lipinski definition) is 4. The van der Waals surface area contributed by atoms with E-state index in [-0.39, 0.29) is 11.9 Å². The second-order valence-corrected chi connectivity index (χ2v) is 8.77. The SMILES string of the molecule is NC(=O)n1cc(NC(=O)N2CCC[C@H]2C(=O)NCc2ccc(Cl)s2)c2ccccc21. The molecule has 0 unspecified atom stereocenters. The van der Waals surface area contributed by atoms with Gasteiger partial charge in [0.25, 0.3) is 0 Å². The number of nitrogens with one attached hydrogen (secondary N) is 2. The van der Waals surface area contributed by atoms with Crippen LogP contribution in [0.2, 0.25) is 4.34 Å². The molecule has 0 aliphatic carbocycles. The summed E-state index contributed by atoms with van der Waals surface area (Å²) in [6.45, 7) is 0.845. The molecule has 3 heterocycles. The van der Waals surface area contributed by atoms with Gasteiger partial charge in [0.05, 0.1) is 22.1 Å². The predicted octanol–water partition coefficient (Wildman–Crippen LogP) is 3.60. The van der Waals surface area contributed by atoms with Gasteiger partial charge in [0.2, 0.25) is 5.91 Å². The third kappa shape index (κ3) is 3.99. The van der Waals surface area contributed by atoms with Crippen molar-refractivity contribution in [3.8, 4) is 0 Å². The molecule has 4 rings (SSSR count). The predicted molar refractivity (Wildman–Crippen MR) is 117 cm³/mol. The summed E-state index contributed by atoms with van der Waals surface area (Å²) in [7, 11) is 0. The Hall–Kier alpha value is -3.04. The molecular formula is C20H20ClN5O3S. The molecule has 1 aromatic carbocycles. The molecule has 0 bridgehead atoms. The number of nitrogens with two attached hydrogens (primary N) is 1. The average Bonchev–Trinajstić information content (AvgIpc) is 3.45. The highest BCUT2D eigenvalue weighted by molar-refractivity contribution is 7.16. The Morgan fingerprint density at radius 1 is 1.20 bits per heavy atom. The van der Waals surface area contributed by atoms with Gasteiger partial charge in [0, 0.05) is 23.0 Å². The van der Waals surface area contributed by atoms with Crippen LogP contribution in [0.15, 0.2) is 42.6 Å². The maximum absolute atomic E-state index is 12.9. The van der Waals surface area contributed by atoms with Gasteiger partial charge in [-0.05, 0) is 31.0 Å². The molecule has 10 heteroatoms. The Morgan fingerprint density at radius 2 is 2.00 bits per heavy atom. The highest BCUT2D eigenvalue weighted by Crippen LogP contribution is 2.27. The molecule has 0 spiro atoms. The molecule has 3 aromatic rings. The maximum Gasteiger partial charge on any atom is 0.323 e. The number of halogens is 1. The van der Waals surface area contributed by atoms with E-state index in [1.807, 2.05) is 12.1 Å². The third-order valence-corrected chi connectivity index (χ3v) is 6.30. The van der Waals surface area contributed by atoms with E-state index < -0.39 is 12.1 Å². The molecule has 0 radical (unpaired) electrons. The van der Waals surface area contributed by atoms with Crippen molar-refractivity contribution >= 4 is 57.5 Å². The second-order valence-electron chi connectivity index (χ2n) is 6.97. The molecule has 8 nitrogen and oxygen atoms in total. The van der Waals surface area contributed by atoms with E-state index in [1.54, 1.807) is 24.3 Å². The summed E-state index contributed by atoms with van der Waals surface area (Å²) in [6, 6.07) is 9.21. The van der Waals surface area contributed by atoms with Crippen LogP contribution in [0.4, 0.5) is 15.3 Å². The maximum atomic E-state index is 12.9. The first-order chi connectivity index (χ1) is 14.4. The molecule has 2 aromatic heterocycles. The Bertz CT molecular complexity index is 1120. The number of likely N-dealkylation sites (tertiary alicyclic amines) is 1. The standard InChI is InChI=1S/C20H20ClN5O3S/c21-17-8-7-12(30-17)10-23-18(27)16-6-3-9-25(16)20(29)24-14-11-26(19(22)28)15-5-2-1-4-13(14)15/h1-2,4-5,7-8,11,16H,3,6,9-10H2,(H2,22,28)(H,23,27)(H,24,29)/t16-/m0/s1. The number of fused-ring (bicyclic) bond motifs is 1. The van der Waals surface area contributed by atoms with Crippen LogP contribution in [-0.2, 0) is 11.3 Å². The summed E-state index contributed by atoms with van der Waals surface area (Å²) in [6.07, 6.45) is 2.82. The van der Waals surface area contributed by atoms with Crippen LogP contribution in [0.25, 0.3) is 10.9 Å². The Labute approximate surface area is 181 Å². The number of rotatable bonds is 4. The summed E-state index contributed by atoms with van der Waals surface area (Å²) in [5.41, 5.74) is 6.50. The first-order valence-corrected chi connectivity index (χ1v) is 10.6. The molecule has 1 atom stereocenters. The Morgan fingerprint density at radius 3 is 2.73 bits per heavy atom. The number of para-hydroxylation sites is 1. The van der Waals surface area contributed by atoms with Crippen molar-refractivity contribution in [2.75, 3.05) is 11.9 Å². The second kappa shape index (κ2) is 8.37. The van der Waals surface area contributed by atoms with Crippen LogP contribution >= 0.6 is 22.9 Å². The number of anilines is 1. The van der Waals surface area contributed by atoms with E-state index in [1.165, 1.54) is 27.0 Å². The summed E-state index contributed by atoms with van der Waals surface area (Å²) in [4.78, 5) is 39.8. The molecule has 1 fully saturated rings. The fraction of sp³-hybridized carbons (Fsp3) is 0.250. The van der Waals surface area contributed by atoms with Crippen molar-refractivity contribution in [3.05, 3.63) is 51.8 Å². The third-order valence-electron chi connectivity index (χ3n) is 5.07. The number of carbonyl (C=O) groups excluding carboxylic acids is 3. The zero-order valence-corrected chi connectivity index (χ0v) is 17.5. The fourth-order valence-corrected chi connectivity index (χ4v) is 4.70. The number of thiophene rings is 1. The lowest BCUT2D eigenvalue weighted by Gasteiger charge is -2.24. The summed E-state index contributed by atoms with van der Waals surface area (Å²) < 4.78 is 1.95. The van der Waals surface area contributed by atoms with Gasteiger partial charge in [0.1, 0.15) is 6.04 Å². The number of nitrogens with zero attached hydrogens (tertiary/aromatic N) is 2. The van der Waals surface area contributed by atoms with Crippen molar-refractivity contribution in [3.63, 3.8) is 0 Å². The molecule has 4 amide bonds. The first-order valence-electron chi connectivity index (χ1n) is 9.43. The molecule has 156 valence electrons.